The van der Waals surface area contributed by atoms with E-state index >= 15 is 0 Å². The molecule has 2 heteroatoms. The van der Waals surface area contributed by atoms with Crippen molar-refractivity contribution in [1.82, 2.24) is 0 Å². The predicted octanol–water partition coefficient (Wildman–Crippen LogP) is 1.64. The minimum absolute atomic E-state index is 0.120. The van der Waals surface area contributed by atoms with Gasteiger partial charge >= 0.3 is 0 Å². The minimum Gasteiger partial charge on any atom is -0.392 e. The van der Waals surface area contributed by atoms with Crippen LogP contribution in [-0.2, 0) is 0 Å². The standard InChI is InChI=1S/C11H18O2/c1-11(6-3-2-4-8-12)7-5-10(13)9-11/h2,4-5,7,10,12-13H,3,6,8-9H2,1H3/b4-2+. The maximum Gasteiger partial charge on any atom is 0.0729 e. The number of aliphatic hydroxyl groups is 2. The summed E-state index contributed by atoms with van der Waals surface area (Å²) in [6, 6.07) is 0. The Morgan fingerprint density at radius 1 is 1.54 bits per heavy atom. The Hall–Kier alpha value is -0.600. The normalized spacial score (nSPS) is 33.3. The molecule has 0 amide bonds. The van der Waals surface area contributed by atoms with E-state index in [1.807, 2.05) is 12.2 Å². The molecule has 1 aliphatic rings. The molecule has 0 saturated carbocycles. The van der Waals surface area contributed by atoms with Crippen LogP contribution in [0, 0.1) is 5.41 Å². The van der Waals surface area contributed by atoms with Gasteiger partial charge in [-0.1, -0.05) is 31.2 Å². The molecule has 2 N–H and O–H groups in total. The van der Waals surface area contributed by atoms with Gasteiger partial charge in [0.2, 0.25) is 0 Å². The third kappa shape index (κ3) is 3.33. The smallest absolute Gasteiger partial charge is 0.0729 e. The van der Waals surface area contributed by atoms with Crippen LogP contribution in [0.5, 0.6) is 0 Å². The Morgan fingerprint density at radius 3 is 2.85 bits per heavy atom. The van der Waals surface area contributed by atoms with Crippen molar-refractivity contribution >= 4 is 0 Å². The van der Waals surface area contributed by atoms with Gasteiger partial charge in [-0.25, -0.2) is 0 Å². The van der Waals surface area contributed by atoms with E-state index in [9.17, 15) is 5.11 Å². The largest absolute Gasteiger partial charge is 0.392 e. The van der Waals surface area contributed by atoms with Crippen LogP contribution >= 0.6 is 0 Å². The Kier molecular flexibility index (Phi) is 3.70. The first-order valence-electron chi connectivity index (χ1n) is 4.79. The first-order chi connectivity index (χ1) is 6.16. The summed E-state index contributed by atoms with van der Waals surface area (Å²) in [4.78, 5) is 0. The van der Waals surface area contributed by atoms with Crippen LogP contribution in [0.1, 0.15) is 26.2 Å². The molecule has 74 valence electrons. The number of hydrogen-bond acceptors (Lipinski definition) is 2. The average molecular weight is 182 g/mol. The molecule has 13 heavy (non-hydrogen) atoms. The highest BCUT2D eigenvalue weighted by Gasteiger charge is 2.27. The highest BCUT2D eigenvalue weighted by atomic mass is 16.3. The van der Waals surface area contributed by atoms with Gasteiger partial charge in [-0.05, 0) is 24.7 Å². The molecule has 2 unspecified atom stereocenters. The van der Waals surface area contributed by atoms with Crippen LogP contribution in [0.15, 0.2) is 24.3 Å². The lowest BCUT2D eigenvalue weighted by molar-refractivity contribution is 0.182. The van der Waals surface area contributed by atoms with Crippen molar-refractivity contribution in [1.29, 1.82) is 0 Å². The van der Waals surface area contributed by atoms with Gasteiger partial charge in [-0.3, -0.25) is 0 Å². The summed E-state index contributed by atoms with van der Waals surface area (Å²) < 4.78 is 0. The highest BCUT2D eigenvalue weighted by Crippen LogP contribution is 2.36. The summed E-state index contributed by atoms with van der Waals surface area (Å²) in [5.41, 5.74) is 0.152. The Labute approximate surface area is 79.6 Å². The average Bonchev–Trinajstić information content (AvgIpc) is 2.41. The molecule has 0 fully saturated rings. The molecule has 1 aliphatic carbocycles. The fourth-order valence-electron chi connectivity index (χ4n) is 1.75. The first kappa shape index (κ1) is 10.5. The second-order valence-corrected chi connectivity index (χ2v) is 3.98. The van der Waals surface area contributed by atoms with Gasteiger partial charge in [-0.2, -0.15) is 0 Å². The molecule has 0 aromatic rings. The van der Waals surface area contributed by atoms with Crippen molar-refractivity contribution in [3.05, 3.63) is 24.3 Å². The van der Waals surface area contributed by atoms with E-state index in [2.05, 4.69) is 13.0 Å². The minimum atomic E-state index is -0.258. The lowest BCUT2D eigenvalue weighted by Crippen LogP contribution is -2.13. The van der Waals surface area contributed by atoms with Crippen LogP contribution < -0.4 is 0 Å². The SMILES string of the molecule is CC1(CC/C=C/CO)C=CC(O)C1. The third-order valence-corrected chi connectivity index (χ3v) is 2.55. The maximum atomic E-state index is 9.32. The molecule has 0 heterocycles. The molecule has 0 aromatic carbocycles. The predicted molar refractivity (Wildman–Crippen MR) is 53.3 cm³/mol. The summed E-state index contributed by atoms with van der Waals surface area (Å²) in [5.74, 6) is 0. The molecule has 0 radical (unpaired) electrons. The van der Waals surface area contributed by atoms with Crippen LogP contribution in [0.2, 0.25) is 0 Å². The van der Waals surface area contributed by atoms with Gasteiger partial charge in [0, 0.05) is 0 Å². The Balaban J connectivity index is 2.28. The van der Waals surface area contributed by atoms with Crippen LogP contribution in [0.4, 0.5) is 0 Å². The molecule has 0 bridgehead atoms. The van der Waals surface area contributed by atoms with Crippen molar-refractivity contribution in [2.45, 2.75) is 32.3 Å². The highest BCUT2D eigenvalue weighted by molar-refractivity contribution is 5.09. The summed E-state index contributed by atoms with van der Waals surface area (Å²) in [5, 5.41) is 17.8. The molecule has 2 nitrogen and oxygen atoms in total. The van der Waals surface area contributed by atoms with Gasteiger partial charge < -0.3 is 10.2 Å². The third-order valence-electron chi connectivity index (χ3n) is 2.55. The zero-order valence-electron chi connectivity index (χ0n) is 8.11. The second kappa shape index (κ2) is 4.58. The number of rotatable bonds is 4. The van der Waals surface area contributed by atoms with E-state index in [-0.39, 0.29) is 18.1 Å². The molecule has 0 aliphatic heterocycles. The number of hydrogen-bond donors (Lipinski definition) is 2. The van der Waals surface area contributed by atoms with E-state index in [0.717, 1.165) is 19.3 Å². The molecule has 1 rings (SSSR count). The monoisotopic (exact) mass is 182 g/mol. The van der Waals surface area contributed by atoms with Crippen molar-refractivity contribution in [3.63, 3.8) is 0 Å². The first-order valence-corrected chi connectivity index (χ1v) is 4.79. The summed E-state index contributed by atoms with van der Waals surface area (Å²) >= 11 is 0. The molecular formula is C11H18O2. The molecular weight excluding hydrogens is 164 g/mol. The topological polar surface area (TPSA) is 40.5 Å². The fraction of sp³-hybridized carbons (Fsp3) is 0.636. The van der Waals surface area contributed by atoms with Gasteiger partial charge in [0.15, 0.2) is 0 Å². The maximum absolute atomic E-state index is 9.32. The van der Waals surface area contributed by atoms with E-state index < -0.39 is 0 Å². The number of aliphatic hydroxyl groups excluding tert-OH is 2. The Morgan fingerprint density at radius 2 is 2.31 bits per heavy atom. The summed E-state index contributed by atoms with van der Waals surface area (Å²) in [6.07, 6.45) is 10.3. The van der Waals surface area contributed by atoms with Crippen molar-refractivity contribution in [2.75, 3.05) is 6.61 Å². The van der Waals surface area contributed by atoms with Crippen molar-refractivity contribution in [2.24, 2.45) is 5.41 Å². The van der Waals surface area contributed by atoms with Gasteiger partial charge in [0.1, 0.15) is 0 Å². The van der Waals surface area contributed by atoms with Gasteiger partial charge in [-0.15, -0.1) is 0 Å². The van der Waals surface area contributed by atoms with E-state index in [0.29, 0.717) is 0 Å². The van der Waals surface area contributed by atoms with E-state index in [1.54, 1.807) is 6.08 Å². The fourth-order valence-corrected chi connectivity index (χ4v) is 1.75. The summed E-state index contributed by atoms with van der Waals surface area (Å²) in [7, 11) is 0. The van der Waals surface area contributed by atoms with Crippen LogP contribution in [0.3, 0.4) is 0 Å². The lowest BCUT2D eigenvalue weighted by atomic mass is 9.85. The number of allylic oxidation sites excluding steroid dienone is 2. The van der Waals surface area contributed by atoms with Crippen molar-refractivity contribution < 1.29 is 10.2 Å². The quantitative estimate of drug-likeness (QED) is 0.649. The van der Waals surface area contributed by atoms with E-state index in [1.165, 1.54) is 0 Å². The lowest BCUT2D eigenvalue weighted by Gasteiger charge is -2.21. The van der Waals surface area contributed by atoms with E-state index in [4.69, 9.17) is 5.11 Å². The Bertz CT molecular complexity index is 208. The zero-order chi connectivity index (χ0) is 9.73. The molecule has 0 saturated heterocycles. The second-order valence-electron chi connectivity index (χ2n) is 3.98. The van der Waals surface area contributed by atoms with Gasteiger partial charge in [0.25, 0.3) is 0 Å². The van der Waals surface area contributed by atoms with Gasteiger partial charge in [0.05, 0.1) is 12.7 Å². The summed E-state index contributed by atoms with van der Waals surface area (Å²) in [6.45, 7) is 2.28. The van der Waals surface area contributed by atoms with Crippen LogP contribution in [0.25, 0.3) is 0 Å². The molecule has 0 aromatic heterocycles. The molecule has 2 atom stereocenters. The zero-order valence-corrected chi connectivity index (χ0v) is 8.11. The van der Waals surface area contributed by atoms with Crippen LogP contribution in [-0.4, -0.2) is 22.9 Å². The molecule has 0 spiro atoms. The van der Waals surface area contributed by atoms with Crippen molar-refractivity contribution in [3.8, 4) is 0 Å².